The number of hydrogen-bond acceptors (Lipinski definition) is 1. The van der Waals surface area contributed by atoms with E-state index < -0.39 is 11.6 Å². The average molecular weight is 200 g/mol. The maximum Gasteiger partial charge on any atom is 0.134 e. The first-order chi connectivity index (χ1) is 6.15. The third kappa shape index (κ3) is 2.27. The highest BCUT2D eigenvalue weighted by molar-refractivity contribution is 6.49. The Hall–Kier alpha value is -1.40. The van der Waals surface area contributed by atoms with Crippen LogP contribution in [-0.2, 0) is 0 Å². The van der Waals surface area contributed by atoms with Gasteiger partial charge < -0.3 is 0 Å². The van der Waals surface area contributed by atoms with Crippen LogP contribution in [0.15, 0.2) is 24.3 Å². The van der Waals surface area contributed by atoms with Crippen LogP contribution in [0.2, 0.25) is 0 Å². The molecule has 0 spiro atoms. The van der Waals surface area contributed by atoms with Gasteiger partial charge in [0.2, 0.25) is 0 Å². The van der Waals surface area contributed by atoms with Gasteiger partial charge in [-0.1, -0.05) is 11.6 Å². The van der Waals surface area contributed by atoms with Crippen molar-refractivity contribution >= 4 is 16.6 Å². The lowest BCUT2D eigenvalue weighted by Gasteiger charge is -1.99. The zero-order chi connectivity index (χ0) is 9.84. The summed E-state index contributed by atoms with van der Waals surface area (Å²) in [5.74, 6) is -1.46. The zero-order valence-corrected chi connectivity index (χ0v) is 7.15. The Morgan fingerprint density at radius 1 is 1.46 bits per heavy atom. The van der Waals surface area contributed by atoms with E-state index in [0.29, 0.717) is 6.07 Å². The summed E-state index contributed by atoms with van der Waals surface area (Å²) < 4.78 is 25.4. The van der Waals surface area contributed by atoms with Crippen molar-refractivity contribution in [2.24, 2.45) is 0 Å². The lowest BCUT2D eigenvalue weighted by molar-refractivity contribution is 0.581. The van der Waals surface area contributed by atoms with Crippen LogP contribution in [-0.4, -0.2) is 0 Å². The van der Waals surface area contributed by atoms with E-state index in [-0.39, 0.29) is 10.6 Å². The Morgan fingerprint density at radius 2 is 2.15 bits per heavy atom. The first-order valence-corrected chi connectivity index (χ1v) is 3.73. The van der Waals surface area contributed by atoms with Gasteiger partial charge in [0.05, 0.1) is 11.1 Å². The Morgan fingerprint density at radius 3 is 2.69 bits per heavy atom. The number of nitriles is 1. The molecular formula is C9H4ClF2N. The van der Waals surface area contributed by atoms with Gasteiger partial charge in [-0.25, -0.2) is 8.78 Å². The summed E-state index contributed by atoms with van der Waals surface area (Å²) in [4.78, 5) is 0. The molecule has 0 radical (unpaired) electrons. The molecule has 0 saturated carbocycles. The molecular weight excluding hydrogens is 196 g/mol. The normalized spacial score (nSPS) is 11.1. The minimum Gasteiger partial charge on any atom is -0.207 e. The summed E-state index contributed by atoms with van der Waals surface area (Å²) in [6.07, 6.45) is 0.984. The molecule has 4 heteroatoms. The van der Waals surface area contributed by atoms with Gasteiger partial charge in [-0.15, -0.1) is 0 Å². The van der Waals surface area contributed by atoms with Crippen molar-refractivity contribution in [3.8, 4) is 6.07 Å². The van der Waals surface area contributed by atoms with E-state index in [2.05, 4.69) is 0 Å². The minimum absolute atomic E-state index is 0.0182. The number of halogens is 3. The molecule has 0 unspecified atom stereocenters. The van der Waals surface area contributed by atoms with E-state index in [1.165, 1.54) is 6.07 Å². The molecule has 0 bridgehead atoms. The summed E-state index contributed by atoms with van der Waals surface area (Å²) in [6.45, 7) is 0. The highest BCUT2D eigenvalue weighted by atomic mass is 35.5. The van der Waals surface area contributed by atoms with Gasteiger partial charge in [0.25, 0.3) is 0 Å². The van der Waals surface area contributed by atoms with Crippen LogP contribution in [0.1, 0.15) is 5.56 Å². The van der Waals surface area contributed by atoms with Crippen molar-refractivity contribution in [2.75, 3.05) is 0 Å². The third-order valence-corrected chi connectivity index (χ3v) is 1.69. The molecule has 0 atom stereocenters. The first-order valence-electron chi connectivity index (χ1n) is 3.36. The number of hydrogen-bond donors (Lipinski definition) is 0. The van der Waals surface area contributed by atoms with E-state index in [1.54, 1.807) is 6.07 Å². The lowest BCUT2D eigenvalue weighted by Crippen LogP contribution is -1.86. The molecule has 0 aliphatic heterocycles. The van der Waals surface area contributed by atoms with Gasteiger partial charge in [0.15, 0.2) is 0 Å². The van der Waals surface area contributed by atoms with Gasteiger partial charge in [-0.3, -0.25) is 0 Å². The van der Waals surface area contributed by atoms with Crippen molar-refractivity contribution in [3.63, 3.8) is 0 Å². The van der Waals surface area contributed by atoms with Crippen LogP contribution in [0.25, 0.3) is 5.03 Å². The topological polar surface area (TPSA) is 23.8 Å². The predicted octanol–water partition coefficient (Wildman–Crippen LogP) is 3.07. The van der Waals surface area contributed by atoms with E-state index in [0.717, 1.165) is 12.1 Å². The average Bonchev–Trinajstić information content (AvgIpc) is 2.04. The molecule has 0 aliphatic rings. The van der Waals surface area contributed by atoms with Crippen molar-refractivity contribution in [3.05, 3.63) is 41.5 Å². The molecule has 0 fully saturated rings. The molecule has 1 rings (SSSR count). The molecule has 0 aliphatic carbocycles. The van der Waals surface area contributed by atoms with Gasteiger partial charge in [0.1, 0.15) is 11.6 Å². The summed E-state index contributed by atoms with van der Waals surface area (Å²) in [5.41, 5.74) is 0.0182. The Bertz CT molecular complexity index is 393. The number of allylic oxidation sites excluding steroid dienone is 1. The fourth-order valence-electron chi connectivity index (χ4n) is 0.818. The predicted molar refractivity (Wildman–Crippen MR) is 45.8 cm³/mol. The number of benzene rings is 1. The SMILES string of the molecule is N#C/C=C(\Cl)c1ccc(F)cc1F. The van der Waals surface area contributed by atoms with E-state index in [4.69, 9.17) is 16.9 Å². The fourth-order valence-corrected chi connectivity index (χ4v) is 1.02. The molecule has 0 amide bonds. The van der Waals surface area contributed by atoms with Crippen LogP contribution in [0.3, 0.4) is 0 Å². The van der Waals surface area contributed by atoms with Gasteiger partial charge in [-0.05, 0) is 12.1 Å². The molecule has 0 heterocycles. The second kappa shape index (κ2) is 4.01. The molecule has 1 aromatic carbocycles. The van der Waals surface area contributed by atoms with Crippen LogP contribution >= 0.6 is 11.6 Å². The largest absolute Gasteiger partial charge is 0.207 e. The molecule has 0 N–H and O–H groups in total. The van der Waals surface area contributed by atoms with Crippen molar-refractivity contribution < 1.29 is 8.78 Å². The third-order valence-electron chi connectivity index (χ3n) is 1.38. The zero-order valence-electron chi connectivity index (χ0n) is 6.39. The van der Waals surface area contributed by atoms with Crippen molar-refractivity contribution in [1.29, 1.82) is 5.26 Å². The summed E-state index contributed by atoms with van der Waals surface area (Å²) in [7, 11) is 0. The lowest BCUT2D eigenvalue weighted by atomic mass is 10.2. The summed E-state index contributed by atoms with van der Waals surface area (Å²) in [6, 6.07) is 4.62. The molecule has 66 valence electrons. The molecule has 0 saturated heterocycles. The van der Waals surface area contributed by atoms with E-state index in [9.17, 15) is 8.78 Å². The maximum atomic E-state index is 12.9. The maximum absolute atomic E-state index is 12.9. The number of rotatable bonds is 1. The van der Waals surface area contributed by atoms with Gasteiger partial charge in [-0.2, -0.15) is 5.26 Å². The standard InChI is InChI=1S/C9H4ClF2N/c10-8(3-4-13)7-2-1-6(11)5-9(7)12/h1-3,5H/b8-3-. The molecule has 1 nitrogen and oxygen atoms in total. The molecule has 1 aromatic rings. The van der Waals surface area contributed by atoms with Crippen molar-refractivity contribution in [1.82, 2.24) is 0 Å². The van der Waals surface area contributed by atoms with Crippen LogP contribution < -0.4 is 0 Å². The monoisotopic (exact) mass is 199 g/mol. The number of nitrogens with zero attached hydrogens (tertiary/aromatic N) is 1. The van der Waals surface area contributed by atoms with Crippen LogP contribution in [0.5, 0.6) is 0 Å². The van der Waals surface area contributed by atoms with Crippen molar-refractivity contribution in [2.45, 2.75) is 0 Å². The van der Waals surface area contributed by atoms with E-state index >= 15 is 0 Å². The summed E-state index contributed by atoms with van der Waals surface area (Å²) in [5, 5.41) is 8.19. The Kier molecular flexibility index (Phi) is 2.99. The molecule has 0 aromatic heterocycles. The second-order valence-electron chi connectivity index (χ2n) is 2.25. The quantitative estimate of drug-likeness (QED) is 0.638. The Labute approximate surface area is 78.9 Å². The highest BCUT2D eigenvalue weighted by Gasteiger charge is 2.06. The minimum atomic E-state index is -0.781. The van der Waals surface area contributed by atoms with Crippen LogP contribution in [0.4, 0.5) is 8.78 Å². The highest BCUT2D eigenvalue weighted by Crippen LogP contribution is 2.21. The summed E-state index contributed by atoms with van der Waals surface area (Å²) >= 11 is 5.54. The van der Waals surface area contributed by atoms with Gasteiger partial charge in [0, 0.05) is 17.7 Å². The van der Waals surface area contributed by atoms with E-state index in [1.807, 2.05) is 0 Å². The second-order valence-corrected chi connectivity index (χ2v) is 2.65. The van der Waals surface area contributed by atoms with Crippen LogP contribution in [0, 0.1) is 23.0 Å². The fraction of sp³-hybridized carbons (Fsp3) is 0. The van der Waals surface area contributed by atoms with Gasteiger partial charge >= 0.3 is 0 Å². The molecule has 13 heavy (non-hydrogen) atoms. The smallest absolute Gasteiger partial charge is 0.134 e. The Balaban J connectivity index is 3.18. The first kappa shape index (κ1) is 9.69.